The number of hydrogen-bond donors (Lipinski definition) is 3. The highest BCUT2D eigenvalue weighted by Gasteiger charge is 2.28. The van der Waals surface area contributed by atoms with Crippen LogP contribution in [0.4, 0.5) is 24.9 Å². The number of nitrogens with one attached hydrogen (secondary N) is 2. The Hall–Kier alpha value is -3.89. The third-order valence-corrected chi connectivity index (χ3v) is 7.50. The Bertz CT molecular complexity index is 1750. The second-order valence-electron chi connectivity index (χ2n) is 8.59. The standard InChI is InChI=1S/C23H22F3N7O4S2/c1-13(14-3-5-16(6-4-14)39(27,36)37)30-22-32-19-8-7-18(15-9-17(11-28-10-15)38(2,34)35)31-20(19)21(33-22)29-12-23(24,25)26/h3-11,13H,12H2,1-2H3,(H2,27,36,37)(H2,29,30,32,33). The highest BCUT2D eigenvalue weighted by Crippen LogP contribution is 2.28. The summed E-state index contributed by atoms with van der Waals surface area (Å²) in [6, 6.07) is 9.68. The fraction of sp³-hybridized carbons (Fsp3) is 0.217. The summed E-state index contributed by atoms with van der Waals surface area (Å²) in [6.07, 6.45) is -0.959. The summed E-state index contributed by atoms with van der Waals surface area (Å²) in [5.41, 5.74) is 1.47. The average molecular weight is 582 g/mol. The lowest BCUT2D eigenvalue weighted by Gasteiger charge is -2.17. The molecule has 0 bridgehead atoms. The molecule has 0 saturated carbocycles. The van der Waals surface area contributed by atoms with Crippen molar-refractivity contribution < 1.29 is 30.0 Å². The molecule has 1 unspecified atom stereocenters. The molecule has 206 valence electrons. The van der Waals surface area contributed by atoms with Crippen molar-refractivity contribution in [3.8, 4) is 11.3 Å². The van der Waals surface area contributed by atoms with Gasteiger partial charge in [-0.2, -0.15) is 18.2 Å². The molecule has 0 saturated heterocycles. The zero-order valence-electron chi connectivity index (χ0n) is 20.4. The van der Waals surface area contributed by atoms with E-state index in [-0.39, 0.29) is 38.3 Å². The molecule has 0 fully saturated rings. The van der Waals surface area contributed by atoms with Crippen molar-refractivity contribution in [2.75, 3.05) is 23.4 Å². The van der Waals surface area contributed by atoms with Crippen LogP contribution in [0.1, 0.15) is 18.5 Å². The molecule has 0 aliphatic carbocycles. The minimum Gasteiger partial charge on any atom is -0.359 e. The van der Waals surface area contributed by atoms with E-state index in [1.54, 1.807) is 6.92 Å². The van der Waals surface area contributed by atoms with Crippen LogP contribution in [-0.2, 0) is 19.9 Å². The summed E-state index contributed by atoms with van der Waals surface area (Å²) >= 11 is 0. The SMILES string of the molecule is CC(Nc1nc(NCC(F)(F)F)c2nc(-c3cncc(S(C)(=O)=O)c3)ccc2n1)c1ccc(S(N)(=O)=O)cc1. The first-order valence-electron chi connectivity index (χ1n) is 11.1. The normalized spacial score (nSPS) is 13.3. The van der Waals surface area contributed by atoms with Crippen molar-refractivity contribution in [1.29, 1.82) is 0 Å². The summed E-state index contributed by atoms with van der Waals surface area (Å²) in [6.45, 7) is 0.339. The molecule has 11 nitrogen and oxygen atoms in total. The van der Waals surface area contributed by atoms with Crippen molar-refractivity contribution in [2.45, 2.75) is 28.9 Å². The number of sulfone groups is 1. The van der Waals surface area contributed by atoms with Crippen LogP contribution in [0.5, 0.6) is 0 Å². The number of nitrogens with zero attached hydrogens (tertiary/aromatic N) is 4. The largest absolute Gasteiger partial charge is 0.405 e. The molecule has 4 aromatic rings. The number of alkyl halides is 3. The second-order valence-corrected chi connectivity index (χ2v) is 12.2. The van der Waals surface area contributed by atoms with Crippen molar-refractivity contribution in [3.05, 3.63) is 60.4 Å². The number of primary sulfonamides is 1. The first-order valence-corrected chi connectivity index (χ1v) is 14.6. The molecule has 0 aliphatic rings. The van der Waals surface area contributed by atoms with E-state index >= 15 is 0 Å². The smallest absolute Gasteiger partial charge is 0.359 e. The van der Waals surface area contributed by atoms with E-state index in [0.29, 0.717) is 11.1 Å². The van der Waals surface area contributed by atoms with E-state index in [4.69, 9.17) is 5.14 Å². The molecule has 0 amide bonds. The summed E-state index contributed by atoms with van der Waals surface area (Å²) in [5.74, 6) is -0.212. The number of aromatic nitrogens is 4. The second kappa shape index (κ2) is 10.3. The highest BCUT2D eigenvalue weighted by molar-refractivity contribution is 7.90. The average Bonchev–Trinajstić information content (AvgIpc) is 2.85. The summed E-state index contributed by atoms with van der Waals surface area (Å²) < 4.78 is 85.9. The van der Waals surface area contributed by atoms with Crippen LogP contribution < -0.4 is 15.8 Å². The van der Waals surface area contributed by atoms with Crippen molar-refractivity contribution in [3.63, 3.8) is 0 Å². The van der Waals surface area contributed by atoms with Gasteiger partial charge in [0.2, 0.25) is 16.0 Å². The van der Waals surface area contributed by atoms with E-state index in [0.717, 1.165) is 6.26 Å². The predicted molar refractivity (Wildman–Crippen MR) is 138 cm³/mol. The van der Waals surface area contributed by atoms with Crippen LogP contribution in [0.2, 0.25) is 0 Å². The number of hydrogen-bond acceptors (Lipinski definition) is 10. The fourth-order valence-corrected chi connectivity index (χ4v) is 4.64. The molecule has 0 aliphatic heterocycles. The number of benzene rings is 1. The van der Waals surface area contributed by atoms with Gasteiger partial charge in [0.15, 0.2) is 15.7 Å². The lowest BCUT2D eigenvalue weighted by Crippen LogP contribution is -2.22. The van der Waals surface area contributed by atoms with Crippen LogP contribution in [0.15, 0.2) is 64.6 Å². The predicted octanol–water partition coefficient (Wildman–Crippen LogP) is 3.29. The molecule has 4 rings (SSSR count). The molecule has 0 spiro atoms. The Morgan fingerprint density at radius 1 is 0.949 bits per heavy atom. The maximum atomic E-state index is 13.0. The van der Waals surface area contributed by atoms with Gasteiger partial charge in [0, 0.05) is 24.2 Å². The molecular weight excluding hydrogens is 559 g/mol. The van der Waals surface area contributed by atoms with Crippen LogP contribution in [-0.4, -0.2) is 55.7 Å². The summed E-state index contributed by atoms with van der Waals surface area (Å²) in [7, 11) is -7.43. The quantitative estimate of drug-likeness (QED) is 0.281. The topological polar surface area (TPSA) is 170 Å². The fourth-order valence-electron chi connectivity index (χ4n) is 3.53. The summed E-state index contributed by atoms with van der Waals surface area (Å²) in [4.78, 5) is 16.8. The Labute approximate surface area is 221 Å². The van der Waals surface area contributed by atoms with Gasteiger partial charge >= 0.3 is 6.18 Å². The maximum absolute atomic E-state index is 13.0. The van der Waals surface area contributed by atoms with Gasteiger partial charge in [-0.05, 0) is 42.8 Å². The number of nitrogens with two attached hydrogens (primary N) is 1. The third kappa shape index (κ3) is 6.96. The molecule has 39 heavy (non-hydrogen) atoms. The molecule has 1 atom stereocenters. The number of sulfonamides is 1. The molecule has 0 radical (unpaired) electrons. The Morgan fingerprint density at radius 2 is 1.64 bits per heavy atom. The minimum absolute atomic E-state index is 0.00881. The van der Waals surface area contributed by atoms with Crippen LogP contribution in [0, 0.1) is 0 Å². The van der Waals surface area contributed by atoms with Crippen molar-refractivity contribution in [2.24, 2.45) is 5.14 Å². The van der Waals surface area contributed by atoms with E-state index in [1.165, 1.54) is 54.9 Å². The summed E-state index contributed by atoms with van der Waals surface area (Å²) in [5, 5.41) is 10.4. The number of rotatable bonds is 8. The number of pyridine rings is 2. The molecule has 1 aromatic carbocycles. The molecular formula is C23H22F3N7O4S2. The van der Waals surface area contributed by atoms with E-state index in [9.17, 15) is 30.0 Å². The van der Waals surface area contributed by atoms with Crippen molar-refractivity contribution >= 4 is 42.7 Å². The number of halogens is 3. The first kappa shape index (κ1) is 28.1. The Morgan fingerprint density at radius 3 is 2.26 bits per heavy atom. The first-order chi connectivity index (χ1) is 18.1. The maximum Gasteiger partial charge on any atom is 0.405 e. The monoisotopic (exact) mass is 581 g/mol. The minimum atomic E-state index is -4.55. The van der Waals surface area contributed by atoms with E-state index in [1.807, 2.05) is 0 Å². The molecule has 3 heterocycles. The van der Waals surface area contributed by atoms with Gasteiger partial charge in [0.1, 0.15) is 12.1 Å². The van der Waals surface area contributed by atoms with Crippen LogP contribution in [0.25, 0.3) is 22.3 Å². The van der Waals surface area contributed by atoms with Gasteiger partial charge in [-0.25, -0.2) is 31.9 Å². The van der Waals surface area contributed by atoms with E-state index < -0.39 is 38.6 Å². The van der Waals surface area contributed by atoms with Gasteiger partial charge in [-0.3, -0.25) is 4.98 Å². The van der Waals surface area contributed by atoms with Crippen LogP contribution in [0.3, 0.4) is 0 Å². The third-order valence-electron chi connectivity index (χ3n) is 5.49. The van der Waals surface area contributed by atoms with Gasteiger partial charge in [0.05, 0.1) is 27.0 Å². The van der Waals surface area contributed by atoms with Crippen molar-refractivity contribution in [1.82, 2.24) is 19.9 Å². The number of anilines is 2. The van der Waals surface area contributed by atoms with Gasteiger partial charge in [-0.1, -0.05) is 12.1 Å². The van der Waals surface area contributed by atoms with Gasteiger partial charge in [-0.15, -0.1) is 0 Å². The zero-order valence-corrected chi connectivity index (χ0v) is 22.1. The van der Waals surface area contributed by atoms with Crippen LogP contribution >= 0.6 is 0 Å². The molecule has 3 aromatic heterocycles. The van der Waals surface area contributed by atoms with E-state index in [2.05, 4.69) is 30.6 Å². The lowest BCUT2D eigenvalue weighted by molar-refractivity contribution is -0.115. The molecule has 16 heteroatoms. The van der Waals surface area contributed by atoms with Gasteiger partial charge in [0.25, 0.3) is 0 Å². The zero-order chi connectivity index (χ0) is 28.6. The Balaban J connectivity index is 1.72. The lowest BCUT2D eigenvalue weighted by atomic mass is 10.1. The number of fused-ring (bicyclic) bond motifs is 1. The van der Waals surface area contributed by atoms with Gasteiger partial charge < -0.3 is 10.6 Å². The highest BCUT2D eigenvalue weighted by atomic mass is 32.2. The molecule has 4 N–H and O–H groups in total. The Kier molecular flexibility index (Phi) is 7.46.